The highest BCUT2D eigenvalue weighted by atomic mass is 16.3. The fourth-order valence-electron chi connectivity index (χ4n) is 1.30. The third-order valence-corrected chi connectivity index (χ3v) is 2.22. The van der Waals surface area contributed by atoms with Crippen molar-refractivity contribution in [2.24, 2.45) is 0 Å². The van der Waals surface area contributed by atoms with Gasteiger partial charge in [-0.2, -0.15) is 0 Å². The number of rotatable bonds is 0. The minimum absolute atomic E-state index is 0.716. The van der Waals surface area contributed by atoms with E-state index in [1.807, 2.05) is 6.07 Å². The Bertz CT molecular complexity index is 429. The van der Waals surface area contributed by atoms with Gasteiger partial charge >= 0.3 is 0 Å². The van der Waals surface area contributed by atoms with E-state index in [-0.39, 0.29) is 0 Å². The lowest BCUT2D eigenvalue weighted by Gasteiger charge is -1.98. The molecule has 0 aliphatic heterocycles. The molecule has 0 saturated heterocycles. The first kappa shape index (κ1) is 7.22. The minimum atomic E-state index is 0.716. The molecule has 0 amide bonds. The van der Waals surface area contributed by atoms with Gasteiger partial charge in [-0.15, -0.1) is 0 Å². The summed E-state index contributed by atoms with van der Waals surface area (Å²) in [7, 11) is 0. The Labute approximate surface area is 71.0 Å². The van der Waals surface area contributed by atoms with Crippen LogP contribution in [0.3, 0.4) is 0 Å². The molecule has 2 rings (SSSR count). The largest absolute Gasteiger partial charge is 0.462 e. The summed E-state index contributed by atoms with van der Waals surface area (Å²) in [4.78, 5) is 0. The quantitative estimate of drug-likeness (QED) is 0.645. The Kier molecular flexibility index (Phi) is 1.37. The molecule has 62 valence electrons. The number of fused-ring (bicyclic) bond motifs is 1. The molecular formula is C10H11NO. The highest BCUT2D eigenvalue weighted by molar-refractivity contribution is 5.90. The van der Waals surface area contributed by atoms with Crippen LogP contribution in [0.1, 0.15) is 11.1 Å². The maximum Gasteiger partial charge on any atom is 0.136 e. The zero-order valence-electron chi connectivity index (χ0n) is 7.22. The molecule has 0 aliphatic carbocycles. The van der Waals surface area contributed by atoms with Gasteiger partial charge in [-0.25, -0.2) is 0 Å². The van der Waals surface area contributed by atoms with Crippen LogP contribution in [0.4, 0.5) is 5.69 Å². The summed E-state index contributed by atoms with van der Waals surface area (Å²) in [6.07, 6.45) is 1.59. The lowest BCUT2D eigenvalue weighted by Crippen LogP contribution is -1.83. The van der Waals surface area contributed by atoms with E-state index in [1.165, 1.54) is 11.1 Å². The van der Waals surface area contributed by atoms with Crippen molar-refractivity contribution < 1.29 is 4.42 Å². The molecule has 1 heterocycles. The molecule has 2 heteroatoms. The molecule has 1 aromatic heterocycles. The van der Waals surface area contributed by atoms with Gasteiger partial charge in [-0.3, -0.25) is 0 Å². The average molecular weight is 161 g/mol. The third kappa shape index (κ3) is 0.881. The number of aryl methyl sites for hydroxylation is 2. The highest BCUT2D eigenvalue weighted by Crippen LogP contribution is 2.25. The number of hydrogen-bond donors (Lipinski definition) is 1. The van der Waals surface area contributed by atoms with Gasteiger partial charge in [0, 0.05) is 5.39 Å². The summed E-state index contributed by atoms with van der Waals surface area (Å²) >= 11 is 0. The molecule has 0 aliphatic rings. The number of hydrogen-bond acceptors (Lipinski definition) is 2. The van der Waals surface area contributed by atoms with Gasteiger partial charge in [-0.1, -0.05) is 0 Å². The molecule has 0 fully saturated rings. The fraction of sp³-hybridized carbons (Fsp3) is 0.200. The van der Waals surface area contributed by atoms with Crippen molar-refractivity contribution in [2.45, 2.75) is 13.8 Å². The second-order valence-electron chi connectivity index (χ2n) is 3.12. The van der Waals surface area contributed by atoms with Crippen LogP contribution < -0.4 is 5.73 Å². The highest BCUT2D eigenvalue weighted by Gasteiger charge is 2.03. The lowest BCUT2D eigenvalue weighted by atomic mass is 10.1. The van der Waals surface area contributed by atoms with Crippen molar-refractivity contribution in [3.63, 3.8) is 0 Å². The first-order valence-electron chi connectivity index (χ1n) is 3.92. The predicted octanol–water partition coefficient (Wildman–Crippen LogP) is 2.63. The van der Waals surface area contributed by atoms with E-state index in [0.29, 0.717) is 5.69 Å². The normalized spacial score (nSPS) is 10.8. The van der Waals surface area contributed by atoms with E-state index in [4.69, 9.17) is 10.2 Å². The summed E-state index contributed by atoms with van der Waals surface area (Å²) < 4.78 is 5.26. The van der Waals surface area contributed by atoms with E-state index in [1.54, 1.807) is 6.26 Å². The van der Waals surface area contributed by atoms with Gasteiger partial charge in [0.25, 0.3) is 0 Å². The molecule has 0 saturated carbocycles. The monoisotopic (exact) mass is 161 g/mol. The molecule has 0 radical (unpaired) electrons. The number of nitrogens with two attached hydrogens (primary N) is 1. The number of furan rings is 1. The summed E-state index contributed by atoms with van der Waals surface area (Å²) in [5.41, 5.74) is 9.77. The molecule has 0 unspecified atom stereocenters. The zero-order chi connectivity index (χ0) is 8.72. The van der Waals surface area contributed by atoms with Gasteiger partial charge in [-0.05, 0) is 37.1 Å². The zero-order valence-corrected chi connectivity index (χ0v) is 7.22. The summed E-state index contributed by atoms with van der Waals surface area (Å²) in [6.45, 7) is 4.13. The van der Waals surface area contributed by atoms with Gasteiger partial charge in [0.15, 0.2) is 0 Å². The third-order valence-electron chi connectivity index (χ3n) is 2.22. The maximum absolute atomic E-state index is 5.70. The van der Waals surface area contributed by atoms with Gasteiger partial charge < -0.3 is 10.2 Å². The van der Waals surface area contributed by atoms with Crippen LogP contribution in [0.15, 0.2) is 22.8 Å². The molecule has 2 N–H and O–H groups in total. The van der Waals surface area contributed by atoms with Crippen molar-refractivity contribution in [1.82, 2.24) is 0 Å². The number of nitrogen functional groups attached to an aromatic ring is 1. The summed E-state index contributed by atoms with van der Waals surface area (Å²) in [5.74, 6) is 0. The van der Waals surface area contributed by atoms with Crippen molar-refractivity contribution in [3.05, 3.63) is 29.5 Å². The Morgan fingerprint density at radius 3 is 2.58 bits per heavy atom. The first-order chi connectivity index (χ1) is 5.68. The van der Waals surface area contributed by atoms with Gasteiger partial charge in [0.1, 0.15) is 11.8 Å². The molecule has 12 heavy (non-hydrogen) atoms. The minimum Gasteiger partial charge on any atom is -0.462 e. The van der Waals surface area contributed by atoms with Gasteiger partial charge in [0.05, 0.1) is 5.69 Å². The molecule has 0 spiro atoms. The summed E-state index contributed by atoms with van der Waals surface area (Å²) in [5, 5.41) is 1.01. The molecule has 2 aromatic rings. The smallest absolute Gasteiger partial charge is 0.136 e. The molecule has 0 atom stereocenters. The van der Waals surface area contributed by atoms with Crippen LogP contribution in [0.25, 0.3) is 11.0 Å². The van der Waals surface area contributed by atoms with Crippen LogP contribution in [0.2, 0.25) is 0 Å². The van der Waals surface area contributed by atoms with E-state index in [9.17, 15) is 0 Å². The summed E-state index contributed by atoms with van der Waals surface area (Å²) in [6, 6.07) is 4.07. The molecule has 0 bridgehead atoms. The van der Waals surface area contributed by atoms with Gasteiger partial charge in [0.2, 0.25) is 0 Å². The van der Waals surface area contributed by atoms with Crippen LogP contribution in [0, 0.1) is 13.8 Å². The molecule has 2 nitrogen and oxygen atoms in total. The maximum atomic E-state index is 5.70. The Morgan fingerprint density at radius 2 is 1.83 bits per heavy atom. The first-order valence-corrected chi connectivity index (χ1v) is 3.92. The van der Waals surface area contributed by atoms with E-state index in [2.05, 4.69) is 19.9 Å². The number of anilines is 1. The average Bonchev–Trinajstić information content (AvgIpc) is 2.35. The Balaban J connectivity index is 2.87. The number of benzene rings is 1. The van der Waals surface area contributed by atoms with E-state index >= 15 is 0 Å². The Morgan fingerprint density at radius 1 is 1.17 bits per heavy atom. The van der Waals surface area contributed by atoms with Crippen molar-refractivity contribution >= 4 is 16.7 Å². The van der Waals surface area contributed by atoms with Crippen LogP contribution in [-0.2, 0) is 0 Å². The van der Waals surface area contributed by atoms with Crippen LogP contribution in [0.5, 0.6) is 0 Å². The Hall–Kier alpha value is -1.44. The fourth-order valence-corrected chi connectivity index (χ4v) is 1.30. The topological polar surface area (TPSA) is 39.2 Å². The molecular weight excluding hydrogens is 150 g/mol. The van der Waals surface area contributed by atoms with E-state index < -0.39 is 0 Å². The second-order valence-corrected chi connectivity index (χ2v) is 3.12. The van der Waals surface area contributed by atoms with Crippen LogP contribution >= 0.6 is 0 Å². The van der Waals surface area contributed by atoms with Crippen molar-refractivity contribution in [1.29, 1.82) is 0 Å². The molecule has 1 aromatic carbocycles. The van der Waals surface area contributed by atoms with Crippen LogP contribution in [-0.4, -0.2) is 0 Å². The SMILES string of the molecule is Cc1cc2occ(N)c2cc1C. The van der Waals surface area contributed by atoms with E-state index in [0.717, 1.165) is 11.0 Å². The predicted molar refractivity (Wildman–Crippen MR) is 50.1 cm³/mol. The lowest BCUT2D eigenvalue weighted by molar-refractivity contribution is 0.617. The van der Waals surface area contributed by atoms with Crippen molar-refractivity contribution in [3.8, 4) is 0 Å². The second kappa shape index (κ2) is 2.27. The standard InChI is InChI=1S/C10H11NO/c1-6-3-8-9(11)5-12-10(8)4-7(6)2/h3-5H,11H2,1-2H3. The van der Waals surface area contributed by atoms with Crippen molar-refractivity contribution in [2.75, 3.05) is 5.73 Å².